The van der Waals surface area contributed by atoms with E-state index >= 15 is 0 Å². The minimum atomic E-state index is -4.77. The highest BCUT2D eigenvalue weighted by Gasteiger charge is 2.43. The Morgan fingerprint density at radius 3 is 2.84 bits per heavy atom. The average molecular weight is 353 g/mol. The van der Waals surface area contributed by atoms with Gasteiger partial charge in [0.05, 0.1) is 5.52 Å². The first-order valence-corrected chi connectivity index (χ1v) is 8.27. The molecule has 1 aliphatic heterocycles. The van der Waals surface area contributed by atoms with E-state index in [0.29, 0.717) is 35.2 Å². The SMILES string of the molecule is CN1CC2CC1CC2CC(=O)c1n[nH]c2ccc(OC(F)(F)F)cc12. The van der Waals surface area contributed by atoms with Crippen LogP contribution < -0.4 is 4.74 Å². The molecule has 4 rings (SSSR count). The number of piperidine rings is 1. The third kappa shape index (κ3) is 3.10. The fourth-order valence-electron chi connectivity index (χ4n) is 4.27. The number of ketones is 1. The van der Waals surface area contributed by atoms with Gasteiger partial charge in [-0.15, -0.1) is 13.2 Å². The van der Waals surface area contributed by atoms with E-state index in [1.165, 1.54) is 18.2 Å². The molecule has 1 saturated heterocycles. The lowest BCUT2D eigenvalue weighted by molar-refractivity contribution is -0.274. The highest BCUT2D eigenvalue weighted by molar-refractivity contribution is 6.06. The number of nitrogens with one attached hydrogen (secondary N) is 1. The largest absolute Gasteiger partial charge is 0.573 e. The van der Waals surface area contributed by atoms with Gasteiger partial charge in [-0.2, -0.15) is 5.10 Å². The van der Waals surface area contributed by atoms with Crippen molar-refractivity contribution >= 4 is 16.7 Å². The Balaban J connectivity index is 1.54. The Bertz CT molecular complexity index is 815. The van der Waals surface area contributed by atoms with Gasteiger partial charge < -0.3 is 9.64 Å². The Kier molecular flexibility index (Phi) is 3.75. The predicted molar refractivity (Wildman–Crippen MR) is 84.4 cm³/mol. The Labute approximate surface area is 142 Å². The molecular weight excluding hydrogens is 335 g/mol. The van der Waals surface area contributed by atoms with Gasteiger partial charge in [0.2, 0.25) is 0 Å². The molecule has 2 aromatic rings. The smallest absolute Gasteiger partial charge is 0.406 e. The van der Waals surface area contributed by atoms with Gasteiger partial charge in [-0.05, 0) is 49.9 Å². The summed E-state index contributed by atoms with van der Waals surface area (Å²) in [7, 11) is 2.10. The van der Waals surface area contributed by atoms with Crippen LogP contribution in [0.5, 0.6) is 5.75 Å². The number of aromatic amines is 1. The fraction of sp³-hybridized carbons (Fsp3) is 0.529. The van der Waals surface area contributed by atoms with E-state index in [1.807, 2.05) is 0 Å². The highest BCUT2D eigenvalue weighted by atomic mass is 19.4. The van der Waals surface area contributed by atoms with Crippen molar-refractivity contribution in [3.8, 4) is 5.75 Å². The zero-order valence-corrected chi connectivity index (χ0v) is 13.6. The number of likely N-dealkylation sites (tertiary alicyclic amines) is 1. The lowest BCUT2D eigenvalue weighted by atomic mass is 9.89. The molecule has 3 atom stereocenters. The summed E-state index contributed by atoms with van der Waals surface area (Å²) < 4.78 is 41.1. The maximum atomic E-state index is 12.7. The molecule has 1 aromatic heterocycles. The van der Waals surface area contributed by atoms with Crippen molar-refractivity contribution in [2.75, 3.05) is 13.6 Å². The Morgan fingerprint density at radius 2 is 2.20 bits per heavy atom. The summed E-state index contributed by atoms with van der Waals surface area (Å²) in [5.41, 5.74) is 0.712. The van der Waals surface area contributed by atoms with Crippen LogP contribution in [-0.2, 0) is 0 Å². The van der Waals surface area contributed by atoms with E-state index < -0.39 is 6.36 Å². The van der Waals surface area contributed by atoms with Crippen LogP contribution in [0.3, 0.4) is 0 Å². The number of fused-ring (bicyclic) bond motifs is 3. The monoisotopic (exact) mass is 353 g/mol. The molecule has 134 valence electrons. The second-order valence-corrected chi connectivity index (χ2v) is 7.04. The maximum absolute atomic E-state index is 12.7. The van der Waals surface area contributed by atoms with Crippen molar-refractivity contribution in [2.45, 2.75) is 31.7 Å². The second-order valence-electron chi connectivity index (χ2n) is 7.04. The number of ether oxygens (including phenoxy) is 1. The molecule has 2 aliphatic rings. The van der Waals surface area contributed by atoms with Gasteiger partial charge in [-0.1, -0.05) is 0 Å². The first kappa shape index (κ1) is 16.4. The molecule has 3 unspecified atom stereocenters. The number of halogens is 3. The summed E-state index contributed by atoms with van der Waals surface area (Å²) in [6.07, 6.45) is -2.26. The zero-order chi connectivity index (χ0) is 17.8. The average Bonchev–Trinajstić information content (AvgIpc) is 3.18. The van der Waals surface area contributed by atoms with E-state index in [2.05, 4.69) is 26.9 Å². The number of nitrogens with zero attached hydrogens (tertiary/aromatic N) is 2. The summed E-state index contributed by atoms with van der Waals surface area (Å²) in [6.45, 7) is 1.01. The topological polar surface area (TPSA) is 58.2 Å². The number of hydrogen-bond donors (Lipinski definition) is 1. The number of benzene rings is 1. The van der Waals surface area contributed by atoms with E-state index in [-0.39, 0.29) is 17.2 Å². The predicted octanol–water partition coefficient (Wildman–Crippen LogP) is 3.37. The van der Waals surface area contributed by atoms with Gasteiger partial charge >= 0.3 is 6.36 Å². The lowest BCUT2D eigenvalue weighted by Crippen LogP contribution is -2.32. The summed E-state index contributed by atoms with van der Waals surface area (Å²) in [4.78, 5) is 15.0. The molecule has 5 nitrogen and oxygen atoms in total. The number of carbonyl (C=O) groups is 1. The van der Waals surface area contributed by atoms with Gasteiger partial charge in [0, 0.05) is 24.4 Å². The number of H-pyrrole nitrogens is 1. The molecule has 2 heterocycles. The summed E-state index contributed by atoms with van der Waals surface area (Å²) in [5.74, 6) is 0.371. The molecule has 0 amide bonds. The standard InChI is InChI=1S/C17H18F3N3O2/c1-23-8-10-5-11(23)4-9(10)6-15(24)16-13-7-12(25-17(18,19)20)2-3-14(13)21-22-16/h2-3,7,9-11H,4-6,8H2,1H3,(H,21,22). The molecule has 0 spiro atoms. The first-order valence-electron chi connectivity index (χ1n) is 8.27. The van der Waals surface area contributed by atoms with Crippen molar-refractivity contribution in [2.24, 2.45) is 11.8 Å². The van der Waals surface area contributed by atoms with Crippen molar-refractivity contribution in [3.63, 3.8) is 0 Å². The van der Waals surface area contributed by atoms with Crippen molar-refractivity contribution in [3.05, 3.63) is 23.9 Å². The highest BCUT2D eigenvalue weighted by Crippen LogP contribution is 2.43. The number of aromatic nitrogens is 2. The molecule has 1 aliphatic carbocycles. The van der Waals surface area contributed by atoms with Crippen LogP contribution in [0.1, 0.15) is 29.8 Å². The van der Waals surface area contributed by atoms with Gasteiger partial charge in [-0.3, -0.25) is 9.89 Å². The molecule has 0 radical (unpaired) electrons. The van der Waals surface area contributed by atoms with E-state index in [0.717, 1.165) is 19.4 Å². The van der Waals surface area contributed by atoms with Crippen LogP contribution in [0.4, 0.5) is 13.2 Å². The Hall–Kier alpha value is -2.09. The van der Waals surface area contributed by atoms with Crippen LogP contribution in [-0.4, -0.2) is 46.9 Å². The summed E-state index contributed by atoms with van der Waals surface area (Å²) in [5, 5.41) is 7.11. The Morgan fingerprint density at radius 1 is 1.40 bits per heavy atom. The van der Waals surface area contributed by atoms with Crippen LogP contribution in [0.15, 0.2) is 18.2 Å². The molecule has 1 aromatic carbocycles. The summed E-state index contributed by atoms with van der Waals surface area (Å²) in [6, 6.07) is 4.40. The van der Waals surface area contributed by atoms with Gasteiger partial charge in [0.25, 0.3) is 0 Å². The second kappa shape index (κ2) is 5.72. The lowest BCUT2D eigenvalue weighted by Gasteiger charge is -2.27. The number of alkyl halides is 3. The minimum Gasteiger partial charge on any atom is -0.406 e. The molecule has 2 bridgehead atoms. The number of carbonyl (C=O) groups excluding carboxylic acids is 1. The molecule has 8 heteroatoms. The van der Waals surface area contributed by atoms with Crippen LogP contribution in [0, 0.1) is 11.8 Å². The van der Waals surface area contributed by atoms with Gasteiger partial charge in [-0.25, -0.2) is 0 Å². The van der Waals surface area contributed by atoms with Crippen molar-refractivity contribution in [1.29, 1.82) is 0 Å². The van der Waals surface area contributed by atoms with Crippen LogP contribution in [0.2, 0.25) is 0 Å². The molecule has 25 heavy (non-hydrogen) atoms. The van der Waals surface area contributed by atoms with Gasteiger partial charge in [0.1, 0.15) is 11.4 Å². The third-order valence-electron chi connectivity index (χ3n) is 5.44. The normalized spacial score (nSPS) is 26.5. The molecule has 1 N–H and O–H groups in total. The first-order chi connectivity index (χ1) is 11.8. The van der Waals surface area contributed by atoms with Crippen LogP contribution >= 0.6 is 0 Å². The third-order valence-corrected chi connectivity index (χ3v) is 5.44. The van der Waals surface area contributed by atoms with Crippen LogP contribution in [0.25, 0.3) is 10.9 Å². The molecular formula is C17H18F3N3O2. The van der Waals surface area contributed by atoms with E-state index in [4.69, 9.17) is 0 Å². The summed E-state index contributed by atoms with van der Waals surface area (Å²) >= 11 is 0. The quantitative estimate of drug-likeness (QED) is 0.856. The fourth-order valence-corrected chi connectivity index (χ4v) is 4.27. The number of Topliss-reactive ketones (excluding diaryl/α,β-unsaturated/α-hetero) is 1. The van der Waals surface area contributed by atoms with E-state index in [1.54, 1.807) is 0 Å². The van der Waals surface area contributed by atoms with Crippen molar-refractivity contribution in [1.82, 2.24) is 15.1 Å². The van der Waals surface area contributed by atoms with E-state index in [9.17, 15) is 18.0 Å². The molecule has 1 saturated carbocycles. The minimum absolute atomic E-state index is 0.129. The zero-order valence-electron chi connectivity index (χ0n) is 13.6. The molecule has 2 fully saturated rings. The number of hydrogen-bond acceptors (Lipinski definition) is 4. The maximum Gasteiger partial charge on any atom is 0.573 e. The van der Waals surface area contributed by atoms with Gasteiger partial charge in [0.15, 0.2) is 5.78 Å². The number of rotatable bonds is 4. The van der Waals surface area contributed by atoms with Crippen molar-refractivity contribution < 1.29 is 22.7 Å².